The molecule has 2 aromatic rings. The number of likely N-dealkylation sites (tertiary alicyclic amines) is 1. The number of carbonyl (C=O) groups excluding carboxylic acids is 2. The summed E-state index contributed by atoms with van der Waals surface area (Å²) in [7, 11) is -3.02. The molecule has 2 aromatic carbocycles. The zero-order valence-corrected chi connectivity index (χ0v) is 17.4. The van der Waals surface area contributed by atoms with Crippen molar-refractivity contribution in [1.29, 1.82) is 0 Å². The van der Waals surface area contributed by atoms with Crippen molar-refractivity contribution < 1.29 is 22.7 Å². The van der Waals surface area contributed by atoms with Crippen molar-refractivity contribution in [2.24, 2.45) is 0 Å². The zero-order chi connectivity index (χ0) is 21.0. The third kappa shape index (κ3) is 4.77. The van der Waals surface area contributed by atoms with E-state index in [1.54, 1.807) is 35.2 Å². The number of sulfonamides is 1. The van der Waals surface area contributed by atoms with Crippen LogP contribution in [0.15, 0.2) is 53.4 Å². The molecular weight excluding hydrogens is 416 g/mol. The Bertz CT molecular complexity index is 1000. The van der Waals surface area contributed by atoms with Gasteiger partial charge in [-0.2, -0.15) is 4.72 Å². The normalized spacial score (nSPS) is 15.2. The lowest BCUT2D eigenvalue weighted by Gasteiger charge is -2.24. The molecule has 1 heterocycles. The number of hydrogen-bond acceptors (Lipinski definition) is 5. The predicted octanol–water partition coefficient (Wildman–Crippen LogP) is 2.77. The Kier molecular flexibility index (Phi) is 6.56. The van der Waals surface area contributed by atoms with Crippen molar-refractivity contribution in [2.45, 2.75) is 23.8 Å². The molecule has 0 aromatic heterocycles. The number of amides is 1. The van der Waals surface area contributed by atoms with Gasteiger partial charge >= 0.3 is 5.97 Å². The second kappa shape index (κ2) is 8.94. The van der Waals surface area contributed by atoms with Crippen molar-refractivity contribution in [2.75, 3.05) is 20.2 Å². The third-order valence-corrected chi connectivity index (χ3v) is 6.62. The fraction of sp³-hybridized carbons (Fsp3) is 0.300. The van der Waals surface area contributed by atoms with Gasteiger partial charge in [0.2, 0.25) is 15.9 Å². The summed E-state index contributed by atoms with van der Waals surface area (Å²) < 4.78 is 33.3. The average Bonchev–Trinajstić information content (AvgIpc) is 3.27. The first kappa shape index (κ1) is 21.3. The molecule has 1 saturated heterocycles. The highest BCUT2D eigenvalue weighted by Crippen LogP contribution is 2.27. The molecule has 7 nitrogen and oxygen atoms in total. The highest BCUT2D eigenvalue weighted by molar-refractivity contribution is 7.89. The minimum Gasteiger partial charge on any atom is -0.465 e. The van der Waals surface area contributed by atoms with Gasteiger partial charge in [-0.25, -0.2) is 13.2 Å². The van der Waals surface area contributed by atoms with E-state index in [-0.39, 0.29) is 21.4 Å². The van der Waals surface area contributed by atoms with Gasteiger partial charge < -0.3 is 9.64 Å². The lowest BCUT2D eigenvalue weighted by atomic mass is 10.1. The molecule has 0 radical (unpaired) electrons. The SMILES string of the molecule is COC(=O)c1ccc(Cl)c(S(=O)(=O)NC(C(=O)N2CCCC2)c2ccccc2)c1. The lowest BCUT2D eigenvalue weighted by molar-refractivity contribution is -0.132. The molecule has 3 rings (SSSR count). The maximum atomic E-state index is 13.1. The van der Waals surface area contributed by atoms with Gasteiger partial charge in [0, 0.05) is 13.1 Å². The fourth-order valence-electron chi connectivity index (χ4n) is 3.20. The van der Waals surface area contributed by atoms with E-state index in [0.717, 1.165) is 18.9 Å². The molecule has 0 aliphatic carbocycles. The molecule has 1 atom stereocenters. The minimum atomic E-state index is -4.21. The number of nitrogens with zero attached hydrogens (tertiary/aromatic N) is 1. The number of carbonyl (C=O) groups is 2. The molecule has 0 bridgehead atoms. The molecule has 0 spiro atoms. The van der Waals surface area contributed by atoms with E-state index in [0.29, 0.717) is 18.7 Å². The van der Waals surface area contributed by atoms with Crippen LogP contribution < -0.4 is 4.72 Å². The summed E-state index contributed by atoms with van der Waals surface area (Å²) in [5.41, 5.74) is 0.563. The van der Waals surface area contributed by atoms with E-state index >= 15 is 0 Å². The van der Waals surface area contributed by atoms with Crippen molar-refractivity contribution in [3.05, 3.63) is 64.7 Å². The van der Waals surface area contributed by atoms with Crippen LogP contribution in [0.1, 0.15) is 34.8 Å². The number of esters is 1. The van der Waals surface area contributed by atoms with Gasteiger partial charge in [-0.3, -0.25) is 4.79 Å². The molecule has 1 unspecified atom stereocenters. The molecule has 154 valence electrons. The minimum absolute atomic E-state index is 0.0411. The number of methoxy groups -OCH3 is 1. The molecule has 29 heavy (non-hydrogen) atoms. The number of rotatable bonds is 6. The average molecular weight is 437 g/mol. The van der Waals surface area contributed by atoms with Gasteiger partial charge in [-0.05, 0) is 36.6 Å². The first-order chi connectivity index (χ1) is 13.8. The summed E-state index contributed by atoms with van der Waals surface area (Å²) in [4.78, 5) is 26.2. The van der Waals surface area contributed by atoms with E-state index in [1.807, 2.05) is 0 Å². The summed E-state index contributed by atoms with van der Waals surface area (Å²) >= 11 is 6.10. The number of hydrogen-bond donors (Lipinski definition) is 1. The van der Waals surface area contributed by atoms with Crippen molar-refractivity contribution in [3.8, 4) is 0 Å². The Morgan fingerprint density at radius 2 is 1.76 bits per heavy atom. The van der Waals surface area contributed by atoms with Crippen LogP contribution in [0, 0.1) is 0 Å². The van der Waals surface area contributed by atoms with Crippen molar-refractivity contribution in [1.82, 2.24) is 9.62 Å². The van der Waals surface area contributed by atoms with Gasteiger partial charge in [0.1, 0.15) is 10.9 Å². The first-order valence-electron chi connectivity index (χ1n) is 9.07. The van der Waals surface area contributed by atoms with Crippen LogP contribution in [-0.2, 0) is 19.6 Å². The van der Waals surface area contributed by atoms with Gasteiger partial charge in [0.15, 0.2) is 0 Å². The monoisotopic (exact) mass is 436 g/mol. The maximum Gasteiger partial charge on any atom is 0.337 e. The number of ether oxygens (including phenoxy) is 1. The zero-order valence-electron chi connectivity index (χ0n) is 15.8. The topological polar surface area (TPSA) is 92.8 Å². The Labute approximate surface area is 174 Å². The smallest absolute Gasteiger partial charge is 0.337 e. The summed E-state index contributed by atoms with van der Waals surface area (Å²) in [6, 6.07) is 11.3. The maximum absolute atomic E-state index is 13.1. The third-order valence-electron chi connectivity index (χ3n) is 4.71. The molecule has 0 saturated carbocycles. The second-order valence-electron chi connectivity index (χ2n) is 6.63. The Balaban J connectivity index is 1.98. The van der Waals surface area contributed by atoms with Gasteiger partial charge in [0.25, 0.3) is 0 Å². The van der Waals surface area contributed by atoms with E-state index in [1.165, 1.54) is 19.2 Å². The highest BCUT2D eigenvalue weighted by atomic mass is 35.5. The molecule has 1 amide bonds. The van der Waals surface area contributed by atoms with Gasteiger partial charge in [-0.15, -0.1) is 0 Å². The standard InChI is InChI=1S/C20H21ClN2O5S/c1-28-20(25)15-9-10-16(21)17(13-15)29(26,27)22-18(14-7-3-2-4-8-14)19(24)23-11-5-6-12-23/h2-4,7-10,13,18,22H,5-6,11-12H2,1H3. The van der Waals surface area contributed by atoms with Crippen LogP contribution >= 0.6 is 11.6 Å². The van der Waals surface area contributed by atoms with Crippen LogP contribution in [0.25, 0.3) is 0 Å². The van der Waals surface area contributed by atoms with Gasteiger partial charge in [0.05, 0.1) is 17.7 Å². The predicted molar refractivity (Wildman–Crippen MR) is 108 cm³/mol. The van der Waals surface area contributed by atoms with Crippen LogP contribution in [0.5, 0.6) is 0 Å². The largest absolute Gasteiger partial charge is 0.465 e. The van der Waals surface area contributed by atoms with Crippen LogP contribution in [0.2, 0.25) is 5.02 Å². The molecule has 9 heteroatoms. The Morgan fingerprint density at radius 3 is 2.38 bits per heavy atom. The van der Waals surface area contributed by atoms with Crippen LogP contribution in [0.4, 0.5) is 0 Å². The molecule has 1 aliphatic rings. The van der Waals surface area contributed by atoms with Crippen LogP contribution in [-0.4, -0.2) is 45.4 Å². The molecular formula is C20H21ClN2O5S. The van der Waals surface area contributed by atoms with Crippen LogP contribution in [0.3, 0.4) is 0 Å². The van der Waals surface area contributed by atoms with Gasteiger partial charge in [-0.1, -0.05) is 41.9 Å². The Morgan fingerprint density at radius 1 is 1.10 bits per heavy atom. The van der Waals surface area contributed by atoms with Crippen molar-refractivity contribution in [3.63, 3.8) is 0 Å². The lowest BCUT2D eigenvalue weighted by Crippen LogP contribution is -2.41. The summed E-state index contributed by atoms with van der Waals surface area (Å²) in [5.74, 6) is -1.01. The van der Waals surface area contributed by atoms with E-state index in [2.05, 4.69) is 9.46 Å². The summed E-state index contributed by atoms with van der Waals surface area (Å²) in [6.45, 7) is 1.17. The number of nitrogens with one attached hydrogen (secondary N) is 1. The Hall–Kier alpha value is -2.42. The molecule has 1 fully saturated rings. The summed E-state index contributed by atoms with van der Waals surface area (Å²) in [6.07, 6.45) is 1.76. The number of benzene rings is 2. The van der Waals surface area contributed by atoms with E-state index < -0.39 is 22.0 Å². The summed E-state index contributed by atoms with van der Waals surface area (Å²) in [5, 5.41) is -0.0643. The quantitative estimate of drug-likeness (QED) is 0.703. The fourth-order valence-corrected chi connectivity index (χ4v) is 4.90. The highest BCUT2D eigenvalue weighted by Gasteiger charge is 2.32. The molecule has 1 aliphatic heterocycles. The second-order valence-corrected chi connectivity index (χ2v) is 8.72. The molecule has 1 N–H and O–H groups in total. The number of halogens is 1. The first-order valence-corrected chi connectivity index (χ1v) is 10.9. The van der Waals surface area contributed by atoms with E-state index in [4.69, 9.17) is 11.6 Å². The van der Waals surface area contributed by atoms with E-state index in [9.17, 15) is 18.0 Å². The van der Waals surface area contributed by atoms with Crippen molar-refractivity contribution >= 4 is 33.5 Å².